The molecule has 2 aliphatic rings. The van der Waals surface area contributed by atoms with Crippen LogP contribution in [-0.4, -0.2) is 47.1 Å². The van der Waals surface area contributed by atoms with Gasteiger partial charge in [-0.15, -0.1) is 0 Å². The summed E-state index contributed by atoms with van der Waals surface area (Å²) in [6, 6.07) is 15.5. The standard InChI is InChI=1S/C26H28N4O4S/c1-17(19-10-11-21-22(15-19)34-14-13-33-21)27-23(31)9-6-12-29-24(32)16-35-26-25(29)18(2)28-30(26)20-7-4-3-5-8-20/h3-5,7-8,10-11,15,17H,6,9,12-14,16H2,1-2H3,(H,27,31)/t17-/m0/s1. The predicted molar refractivity (Wildman–Crippen MR) is 135 cm³/mol. The molecular formula is C26H28N4O4S. The molecule has 2 aliphatic heterocycles. The maximum Gasteiger partial charge on any atom is 0.237 e. The molecule has 0 saturated carbocycles. The number of anilines is 1. The molecule has 8 nitrogen and oxygen atoms in total. The van der Waals surface area contributed by atoms with Crippen molar-refractivity contribution in [3.63, 3.8) is 0 Å². The fourth-order valence-electron chi connectivity index (χ4n) is 4.38. The van der Waals surface area contributed by atoms with Crippen LogP contribution >= 0.6 is 11.8 Å². The van der Waals surface area contributed by atoms with Gasteiger partial charge in [-0.25, -0.2) is 4.68 Å². The fraction of sp³-hybridized carbons (Fsp3) is 0.346. The Kier molecular flexibility index (Phi) is 6.68. The van der Waals surface area contributed by atoms with Crippen molar-refractivity contribution in [3.8, 4) is 17.2 Å². The molecule has 1 N–H and O–H groups in total. The summed E-state index contributed by atoms with van der Waals surface area (Å²) in [6.45, 7) is 5.41. The maximum absolute atomic E-state index is 12.8. The molecular weight excluding hydrogens is 464 g/mol. The number of carbonyl (C=O) groups is 2. The van der Waals surface area contributed by atoms with Gasteiger partial charge in [0.25, 0.3) is 0 Å². The van der Waals surface area contributed by atoms with E-state index in [1.807, 2.05) is 67.1 Å². The topological polar surface area (TPSA) is 85.7 Å². The molecule has 0 spiro atoms. The highest BCUT2D eigenvalue weighted by molar-refractivity contribution is 8.00. The molecule has 0 saturated heterocycles. The average Bonchev–Trinajstić information content (AvgIpc) is 3.22. The Bertz CT molecular complexity index is 1240. The van der Waals surface area contributed by atoms with Crippen LogP contribution < -0.4 is 19.7 Å². The SMILES string of the molecule is Cc1nn(-c2ccccc2)c2c1N(CCCC(=O)N[C@@H](C)c1ccc3c(c1)OCCO3)C(=O)CS2. The van der Waals surface area contributed by atoms with E-state index in [1.54, 1.807) is 4.90 Å². The molecule has 35 heavy (non-hydrogen) atoms. The lowest BCUT2D eigenvalue weighted by atomic mass is 10.1. The van der Waals surface area contributed by atoms with Crippen LogP contribution in [0, 0.1) is 6.92 Å². The van der Waals surface area contributed by atoms with Crippen LogP contribution in [0.3, 0.4) is 0 Å². The number of rotatable bonds is 7. The Labute approximate surface area is 208 Å². The van der Waals surface area contributed by atoms with Gasteiger partial charge in [-0.1, -0.05) is 36.0 Å². The molecule has 2 aromatic carbocycles. The zero-order chi connectivity index (χ0) is 24.4. The fourth-order valence-corrected chi connectivity index (χ4v) is 5.45. The first-order chi connectivity index (χ1) is 17.0. The summed E-state index contributed by atoms with van der Waals surface area (Å²) in [6.07, 6.45) is 0.887. The van der Waals surface area contributed by atoms with Gasteiger partial charge in [0.1, 0.15) is 18.2 Å². The third-order valence-electron chi connectivity index (χ3n) is 6.12. The minimum atomic E-state index is -0.163. The molecule has 1 atom stereocenters. The Morgan fingerprint density at radius 2 is 1.91 bits per heavy atom. The Balaban J connectivity index is 1.21. The summed E-state index contributed by atoms with van der Waals surface area (Å²) in [5, 5.41) is 8.71. The largest absolute Gasteiger partial charge is 0.486 e. The highest BCUT2D eigenvalue weighted by Gasteiger charge is 2.31. The molecule has 9 heteroatoms. The van der Waals surface area contributed by atoms with E-state index >= 15 is 0 Å². The van der Waals surface area contributed by atoms with E-state index in [4.69, 9.17) is 14.6 Å². The van der Waals surface area contributed by atoms with E-state index in [-0.39, 0.29) is 17.9 Å². The van der Waals surface area contributed by atoms with Crippen molar-refractivity contribution in [2.45, 2.75) is 37.8 Å². The van der Waals surface area contributed by atoms with Crippen LogP contribution in [0.15, 0.2) is 53.6 Å². The van der Waals surface area contributed by atoms with Gasteiger partial charge >= 0.3 is 0 Å². The smallest absolute Gasteiger partial charge is 0.237 e. The van der Waals surface area contributed by atoms with Crippen molar-refractivity contribution < 1.29 is 19.1 Å². The van der Waals surface area contributed by atoms with E-state index in [0.717, 1.165) is 33.4 Å². The first-order valence-corrected chi connectivity index (χ1v) is 12.8. The van der Waals surface area contributed by atoms with Crippen molar-refractivity contribution in [3.05, 3.63) is 59.8 Å². The van der Waals surface area contributed by atoms with Crippen LogP contribution in [0.25, 0.3) is 5.69 Å². The third kappa shape index (κ3) is 4.86. The van der Waals surface area contributed by atoms with Gasteiger partial charge in [0.2, 0.25) is 11.8 Å². The van der Waals surface area contributed by atoms with Crippen molar-refractivity contribution in [1.29, 1.82) is 0 Å². The lowest BCUT2D eigenvalue weighted by Gasteiger charge is -2.27. The quantitative estimate of drug-likeness (QED) is 0.536. The van der Waals surface area contributed by atoms with E-state index < -0.39 is 0 Å². The number of thioether (sulfide) groups is 1. The van der Waals surface area contributed by atoms with Crippen molar-refractivity contribution >= 4 is 29.3 Å². The Hall–Kier alpha value is -3.46. The van der Waals surface area contributed by atoms with Crippen molar-refractivity contribution in [2.24, 2.45) is 0 Å². The van der Waals surface area contributed by atoms with Crippen LogP contribution in [0.4, 0.5) is 5.69 Å². The van der Waals surface area contributed by atoms with Crippen LogP contribution in [0.1, 0.15) is 37.1 Å². The summed E-state index contributed by atoms with van der Waals surface area (Å²) in [5.41, 5.74) is 3.58. The molecule has 0 fully saturated rings. The van der Waals surface area contributed by atoms with Gasteiger partial charge in [0.05, 0.1) is 28.9 Å². The summed E-state index contributed by atoms with van der Waals surface area (Å²) < 4.78 is 13.1. The van der Waals surface area contributed by atoms with E-state index in [1.165, 1.54) is 11.8 Å². The second-order valence-corrected chi connectivity index (χ2v) is 9.58. The van der Waals surface area contributed by atoms with Gasteiger partial charge in [-0.2, -0.15) is 5.10 Å². The molecule has 1 aromatic heterocycles. The minimum absolute atomic E-state index is 0.0447. The lowest BCUT2D eigenvalue weighted by molar-refractivity contribution is -0.122. The van der Waals surface area contributed by atoms with E-state index in [9.17, 15) is 9.59 Å². The molecule has 2 amide bonds. The molecule has 182 valence electrons. The predicted octanol–water partition coefficient (Wildman–Crippen LogP) is 4.05. The number of nitrogens with zero attached hydrogens (tertiary/aromatic N) is 3. The van der Waals surface area contributed by atoms with Gasteiger partial charge < -0.3 is 19.7 Å². The van der Waals surface area contributed by atoms with Crippen molar-refractivity contribution in [1.82, 2.24) is 15.1 Å². The number of ether oxygens (including phenoxy) is 2. The monoisotopic (exact) mass is 492 g/mol. The Morgan fingerprint density at radius 3 is 2.71 bits per heavy atom. The highest BCUT2D eigenvalue weighted by atomic mass is 32.2. The second kappa shape index (κ2) is 10.0. The summed E-state index contributed by atoms with van der Waals surface area (Å²) >= 11 is 1.51. The van der Waals surface area contributed by atoms with Gasteiger partial charge in [0.15, 0.2) is 11.5 Å². The molecule has 5 rings (SSSR count). The summed E-state index contributed by atoms with van der Waals surface area (Å²) in [4.78, 5) is 27.2. The first-order valence-electron chi connectivity index (χ1n) is 11.8. The molecule has 0 bridgehead atoms. The number of nitrogens with one attached hydrogen (secondary N) is 1. The zero-order valence-corrected chi connectivity index (χ0v) is 20.6. The van der Waals surface area contributed by atoms with Crippen LogP contribution in [-0.2, 0) is 9.59 Å². The highest BCUT2D eigenvalue weighted by Crippen LogP contribution is 2.39. The van der Waals surface area contributed by atoms with Crippen LogP contribution in [0.2, 0.25) is 0 Å². The number of hydrogen-bond donors (Lipinski definition) is 1. The first kappa shape index (κ1) is 23.3. The lowest BCUT2D eigenvalue weighted by Crippen LogP contribution is -2.37. The number of amides is 2. The average molecular weight is 493 g/mol. The third-order valence-corrected chi connectivity index (χ3v) is 7.15. The number of hydrogen-bond acceptors (Lipinski definition) is 6. The second-order valence-electron chi connectivity index (χ2n) is 8.62. The number of aromatic nitrogens is 2. The Morgan fingerprint density at radius 1 is 1.14 bits per heavy atom. The minimum Gasteiger partial charge on any atom is -0.486 e. The van der Waals surface area contributed by atoms with E-state index in [0.29, 0.717) is 44.1 Å². The van der Waals surface area contributed by atoms with Gasteiger partial charge in [-0.05, 0) is 50.1 Å². The molecule has 0 unspecified atom stereocenters. The zero-order valence-electron chi connectivity index (χ0n) is 19.8. The number of para-hydroxylation sites is 1. The number of aryl methyl sites for hydroxylation is 1. The molecule has 0 radical (unpaired) electrons. The number of fused-ring (bicyclic) bond motifs is 2. The van der Waals surface area contributed by atoms with Gasteiger partial charge in [0, 0.05) is 13.0 Å². The van der Waals surface area contributed by atoms with Crippen LogP contribution in [0.5, 0.6) is 11.5 Å². The molecule has 3 heterocycles. The van der Waals surface area contributed by atoms with E-state index in [2.05, 4.69) is 5.32 Å². The summed E-state index contributed by atoms with van der Waals surface area (Å²) in [7, 11) is 0. The van der Waals surface area contributed by atoms with Crippen molar-refractivity contribution in [2.75, 3.05) is 30.4 Å². The number of benzene rings is 2. The molecule has 0 aliphatic carbocycles. The van der Waals surface area contributed by atoms with Gasteiger partial charge in [-0.3, -0.25) is 9.59 Å². The number of carbonyl (C=O) groups excluding carboxylic acids is 2. The molecule has 3 aromatic rings. The summed E-state index contributed by atoms with van der Waals surface area (Å²) in [5.74, 6) is 1.79. The normalized spacial score (nSPS) is 15.5. The maximum atomic E-state index is 12.8.